The van der Waals surface area contributed by atoms with Crippen molar-refractivity contribution in [2.45, 2.75) is 58.0 Å². The molecule has 2 N–H and O–H groups in total. The first-order valence-electron chi connectivity index (χ1n) is 9.48. The molecule has 2 aromatic rings. The Morgan fingerprint density at radius 1 is 1.28 bits per heavy atom. The quantitative estimate of drug-likeness (QED) is 0.579. The Kier molecular flexibility index (Phi) is 8.01. The van der Waals surface area contributed by atoms with Crippen LogP contribution in [0, 0.1) is 6.92 Å². The molecule has 0 radical (unpaired) electrons. The van der Waals surface area contributed by atoms with Crippen LogP contribution in [0.4, 0.5) is 5.69 Å². The van der Waals surface area contributed by atoms with Crippen LogP contribution in [-0.4, -0.2) is 30.1 Å². The summed E-state index contributed by atoms with van der Waals surface area (Å²) in [6.45, 7) is 8.17. The lowest BCUT2D eigenvalue weighted by Gasteiger charge is -2.10. The van der Waals surface area contributed by atoms with Gasteiger partial charge in [0, 0.05) is 29.9 Å². The fourth-order valence-electron chi connectivity index (χ4n) is 2.65. The van der Waals surface area contributed by atoms with Crippen LogP contribution in [-0.2, 0) is 21.4 Å². The lowest BCUT2D eigenvalue weighted by atomic mass is 10.2. The largest absolute Gasteiger partial charge is 0.323 e. The average molecular weight is 439 g/mol. The molecule has 0 bridgehead atoms. The van der Waals surface area contributed by atoms with Gasteiger partial charge in [0.25, 0.3) is 0 Å². The van der Waals surface area contributed by atoms with E-state index in [1.165, 1.54) is 18.2 Å². The smallest absolute Gasteiger partial charge is 0.248 e. The number of nitrogens with zero attached hydrogens (tertiary/aromatic N) is 2. The highest BCUT2D eigenvalue weighted by molar-refractivity contribution is 7.89. The molecular weight excluding hydrogens is 412 g/mol. The molecule has 0 spiro atoms. The van der Waals surface area contributed by atoms with Gasteiger partial charge < -0.3 is 5.32 Å². The lowest BCUT2D eigenvalue weighted by molar-refractivity contribution is -0.111. The van der Waals surface area contributed by atoms with Crippen LogP contribution in [0.25, 0.3) is 6.08 Å². The van der Waals surface area contributed by atoms with E-state index in [1.807, 2.05) is 6.92 Å². The number of unbranched alkanes of at least 4 members (excludes halogenated alkanes) is 1. The van der Waals surface area contributed by atoms with Gasteiger partial charge in [0.05, 0.1) is 10.6 Å². The van der Waals surface area contributed by atoms with Crippen LogP contribution in [0.3, 0.4) is 0 Å². The fourth-order valence-corrected chi connectivity index (χ4v) is 4.22. The summed E-state index contributed by atoms with van der Waals surface area (Å²) in [5.74, 6) is -0.349. The van der Waals surface area contributed by atoms with Gasteiger partial charge in [-0.1, -0.05) is 24.9 Å². The first-order chi connectivity index (χ1) is 13.6. The summed E-state index contributed by atoms with van der Waals surface area (Å²) in [6.07, 6.45) is 5.03. The van der Waals surface area contributed by atoms with Crippen molar-refractivity contribution in [1.82, 2.24) is 14.5 Å². The number of anilines is 1. The molecule has 29 heavy (non-hydrogen) atoms. The Balaban J connectivity index is 2.05. The van der Waals surface area contributed by atoms with Crippen molar-refractivity contribution in [3.8, 4) is 0 Å². The maximum atomic E-state index is 12.2. The number of sulfonamides is 1. The molecular formula is C20H27ClN4O3S. The van der Waals surface area contributed by atoms with E-state index >= 15 is 0 Å². The minimum atomic E-state index is -3.57. The number of carbonyl (C=O) groups is 1. The van der Waals surface area contributed by atoms with Gasteiger partial charge in [0.15, 0.2) is 0 Å². The summed E-state index contributed by atoms with van der Waals surface area (Å²) in [4.78, 5) is 12.4. The molecule has 158 valence electrons. The first kappa shape index (κ1) is 23.1. The summed E-state index contributed by atoms with van der Waals surface area (Å²) in [6, 6.07) is 5.78. The van der Waals surface area contributed by atoms with Gasteiger partial charge in [0.2, 0.25) is 15.9 Å². The predicted molar refractivity (Wildman–Crippen MR) is 116 cm³/mol. The molecule has 0 aliphatic heterocycles. The summed E-state index contributed by atoms with van der Waals surface area (Å²) < 4.78 is 28.5. The van der Waals surface area contributed by atoms with Crippen molar-refractivity contribution in [3.63, 3.8) is 0 Å². The zero-order chi connectivity index (χ0) is 21.6. The average Bonchev–Trinajstić information content (AvgIpc) is 2.91. The van der Waals surface area contributed by atoms with Gasteiger partial charge in [-0.25, -0.2) is 13.1 Å². The number of rotatable bonds is 9. The van der Waals surface area contributed by atoms with Crippen LogP contribution in [0.1, 0.15) is 44.9 Å². The number of carbonyl (C=O) groups excluding carboxylic acids is 1. The normalized spacial score (nSPS) is 12.1. The second-order valence-electron chi connectivity index (χ2n) is 6.99. The third kappa shape index (κ3) is 6.42. The molecule has 1 heterocycles. The van der Waals surface area contributed by atoms with E-state index in [-0.39, 0.29) is 16.8 Å². The monoisotopic (exact) mass is 438 g/mol. The van der Waals surface area contributed by atoms with E-state index in [0.717, 1.165) is 25.1 Å². The van der Waals surface area contributed by atoms with Crippen molar-refractivity contribution in [1.29, 1.82) is 0 Å². The zero-order valence-electron chi connectivity index (χ0n) is 17.1. The molecule has 0 atom stereocenters. The van der Waals surface area contributed by atoms with Crippen molar-refractivity contribution in [2.24, 2.45) is 0 Å². The molecule has 1 aromatic heterocycles. The summed E-state index contributed by atoms with van der Waals surface area (Å²) in [5, 5.41) is 7.61. The minimum Gasteiger partial charge on any atom is -0.323 e. The van der Waals surface area contributed by atoms with Gasteiger partial charge in [-0.05, 0) is 57.5 Å². The fraction of sp³-hybridized carbons (Fsp3) is 0.400. The minimum absolute atomic E-state index is 0.140. The van der Waals surface area contributed by atoms with Crippen LogP contribution in [0.2, 0.25) is 5.15 Å². The van der Waals surface area contributed by atoms with Gasteiger partial charge >= 0.3 is 0 Å². The number of hydrogen-bond acceptors (Lipinski definition) is 4. The highest BCUT2D eigenvalue weighted by Crippen LogP contribution is 2.22. The van der Waals surface area contributed by atoms with Gasteiger partial charge in [-0.3, -0.25) is 9.48 Å². The van der Waals surface area contributed by atoms with Crippen LogP contribution < -0.4 is 10.0 Å². The maximum absolute atomic E-state index is 12.2. The van der Waals surface area contributed by atoms with Crippen LogP contribution >= 0.6 is 11.6 Å². The van der Waals surface area contributed by atoms with E-state index in [2.05, 4.69) is 22.1 Å². The van der Waals surface area contributed by atoms with Crippen molar-refractivity contribution >= 4 is 39.3 Å². The number of halogens is 1. The molecule has 0 aliphatic carbocycles. The van der Waals surface area contributed by atoms with Gasteiger partial charge in [-0.15, -0.1) is 0 Å². The molecule has 1 amide bonds. The SMILES string of the molecule is CCCCn1nc(C)c(/C=C/C(=O)Nc2ccc(S(=O)(=O)NC(C)C)cc2)c1Cl. The number of aromatic nitrogens is 2. The second-order valence-corrected chi connectivity index (χ2v) is 9.06. The predicted octanol–water partition coefficient (Wildman–Crippen LogP) is 3.98. The van der Waals surface area contributed by atoms with Crippen molar-refractivity contribution in [3.05, 3.63) is 46.8 Å². The standard InChI is InChI=1S/C20H27ClN4O3S/c1-5-6-13-25-20(21)18(15(4)23-25)11-12-19(26)22-16-7-9-17(10-8-16)29(27,28)24-14(2)3/h7-12,14,24H,5-6,13H2,1-4H3,(H,22,26)/b12-11+. The molecule has 2 rings (SSSR count). The van der Waals surface area contributed by atoms with Gasteiger partial charge in [-0.2, -0.15) is 5.10 Å². The Bertz CT molecular complexity index is 980. The topological polar surface area (TPSA) is 93.1 Å². The van der Waals surface area contributed by atoms with Crippen molar-refractivity contribution < 1.29 is 13.2 Å². The molecule has 1 aromatic carbocycles. The number of nitrogens with one attached hydrogen (secondary N) is 2. The molecule has 9 heteroatoms. The molecule has 0 unspecified atom stereocenters. The second kappa shape index (κ2) is 10.0. The molecule has 7 nitrogen and oxygen atoms in total. The zero-order valence-corrected chi connectivity index (χ0v) is 18.6. The Morgan fingerprint density at radius 2 is 1.93 bits per heavy atom. The summed E-state index contributed by atoms with van der Waals surface area (Å²) in [5.41, 5.74) is 1.95. The van der Waals surface area contributed by atoms with Crippen LogP contribution in [0.15, 0.2) is 35.2 Å². The number of aryl methyl sites for hydroxylation is 2. The maximum Gasteiger partial charge on any atom is 0.248 e. The molecule has 0 fully saturated rings. The number of benzene rings is 1. The highest BCUT2D eigenvalue weighted by atomic mass is 35.5. The van der Waals surface area contributed by atoms with Crippen LogP contribution in [0.5, 0.6) is 0 Å². The molecule has 0 aliphatic rings. The van der Waals surface area contributed by atoms with E-state index in [4.69, 9.17) is 11.6 Å². The van der Waals surface area contributed by atoms with Crippen molar-refractivity contribution in [2.75, 3.05) is 5.32 Å². The summed E-state index contributed by atoms with van der Waals surface area (Å²) >= 11 is 6.36. The van der Waals surface area contributed by atoms with E-state index in [1.54, 1.807) is 36.7 Å². The third-order valence-corrected chi connectivity index (χ3v) is 6.13. The number of hydrogen-bond donors (Lipinski definition) is 2. The molecule has 0 saturated heterocycles. The first-order valence-corrected chi connectivity index (χ1v) is 11.3. The Labute approximate surface area is 177 Å². The Morgan fingerprint density at radius 3 is 2.52 bits per heavy atom. The van der Waals surface area contributed by atoms with Gasteiger partial charge in [0.1, 0.15) is 5.15 Å². The molecule has 0 saturated carbocycles. The number of amides is 1. The van der Waals surface area contributed by atoms with E-state index in [9.17, 15) is 13.2 Å². The van der Waals surface area contributed by atoms with E-state index < -0.39 is 10.0 Å². The lowest BCUT2D eigenvalue weighted by Crippen LogP contribution is -2.30. The Hall–Kier alpha value is -2.16. The summed E-state index contributed by atoms with van der Waals surface area (Å²) in [7, 11) is -3.57. The van der Waals surface area contributed by atoms with E-state index in [0.29, 0.717) is 16.4 Å². The highest BCUT2D eigenvalue weighted by Gasteiger charge is 2.15. The third-order valence-electron chi connectivity index (χ3n) is 4.06.